The third kappa shape index (κ3) is 5.64. The first-order valence-electron chi connectivity index (χ1n) is 8.64. The molecule has 2 N–H and O–H groups in total. The molecule has 2 amide bonds. The summed E-state index contributed by atoms with van der Waals surface area (Å²) in [7, 11) is 3.10. The number of amides is 2. The lowest BCUT2D eigenvalue weighted by Crippen LogP contribution is -2.44. The average Bonchev–Trinajstić information content (AvgIpc) is 2.82. The summed E-state index contributed by atoms with van der Waals surface area (Å²) < 4.78 is 10.6. The standard InChI is InChI=1S/C19H26N2O5S/c1-25-16-8-13-4-6-21(19(24)10-14(13)9-17(16)26-2)11-18(23)20-15(12-22)5-7-27-3/h4,6,8-9,15,22H,5,7,10-12H2,1-3H3,(H,20,23)/t15-/m1/s1. The van der Waals surface area contributed by atoms with E-state index in [0.717, 1.165) is 16.9 Å². The van der Waals surface area contributed by atoms with Crippen molar-refractivity contribution in [3.8, 4) is 11.5 Å². The van der Waals surface area contributed by atoms with Crippen LogP contribution in [0, 0.1) is 0 Å². The lowest BCUT2D eigenvalue weighted by atomic mass is 10.0. The maximum atomic E-state index is 12.6. The summed E-state index contributed by atoms with van der Waals surface area (Å²) in [6.45, 7) is -0.214. The van der Waals surface area contributed by atoms with E-state index in [4.69, 9.17) is 9.47 Å². The number of rotatable bonds is 9. The zero-order valence-corrected chi connectivity index (χ0v) is 16.7. The van der Waals surface area contributed by atoms with Crippen LogP contribution in [0.5, 0.6) is 11.5 Å². The Morgan fingerprint density at radius 3 is 2.67 bits per heavy atom. The van der Waals surface area contributed by atoms with E-state index in [1.165, 1.54) is 4.90 Å². The molecule has 0 unspecified atom stereocenters. The van der Waals surface area contributed by atoms with E-state index in [1.54, 1.807) is 44.3 Å². The zero-order valence-electron chi connectivity index (χ0n) is 15.9. The van der Waals surface area contributed by atoms with Crippen LogP contribution in [0.25, 0.3) is 6.08 Å². The SMILES string of the molecule is COc1cc2c(cc1OC)CC(=O)N(CC(=O)N[C@@H](CO)CCSC)C=C2. The Balaban J connectivity index is 2.08. The van der Waals surface area contributed by atoms with Gasteiger partial charge in [-0.2, -0.15) is 11.8 Å². The molecule has 0 fully saturated rings. The largest absolute Gasteiger partial charge is 0.493 e. The van der Waals surface area contributed by atoms with Crippen molar-refractivity contribution >= 4 is 29.7 Å². The number of thioether (sulfide) groups is 1. The minimum atomic E-state index is -0.304. The van der Waals surface area contributed by atoms with Crippen LogP contribution in [0.15, 0.2) is 18.3 Å². The molecule has 2 rings (SSSR count). The first-order valence-corrected chi connectivity index (χ1v) is 10.0. The quantitative estimate of drug-likeness (QED) is 0.656. The molecular weight excluding hydrogens is 368 g/mol. The van der Waals surface area contributed by atoms with Crippen LogP contribution >= 0.6 is 11.8 Å². The number of hydrogen-bond acceptors (Lipinski definition) is 6. The molecule has 7 nitrogen and oxygen atoms in total. The second-order valence-electron chi connectivity index (χ2n) is 6.15. The third-order valence-electron chi connectivity index (χ3n) is 4.31. The smallest absolute Gasteiger partial charge is 0.240 e. The molecule has 1 aliphatic heterocycles. The van der Waals surface area contributed by atoms with Crippen molar-refractivity contribution in [1.29, 1.82) is 0 Å². The maximum Gasteiger partial charge on any atom is 0.240 e. The van der Waals surface area contributed by atoms with Crippen LogP contribution < -0.4 is 14.8 Å². The van der Waals surface area contributed by atoms with Gasteiger partial charge in [0.25, 0.3) is 0 Å². The summed E-state index contributed by atoms with van der Waals surface area (Å²) in [6.07, 6.45) is 6.20. The van der Waals surface area contributed by atoms with Crippen LogP contribution in [0.4, 0.5) is 0 Å². The van der Waals surface area contributed by atoms with Crippen molar-refractivity contribution in [2.24, 2.45) is 0 Å². The lowest BCUT2D eigenvalue weighted by molar-refractivity contribution is -0.133. The third-order valence-corrected chi connectivity index (χ3v) is 4.96. The van der Waals surface area contributed by atoms with Gasteiger partial charge >= 0.3 is 0 Å². The van der Waals surface area contributed by atoms with Crippen molar-refractivity contribution in [1.82, 2.24) is 10.2 Å². The van der Waals surface area contributed by atoms with E-state index < -0.39 is 0 Å². The average molecular weight is 394 g/mol. The molecule has 0 aliphatic carbocycles. The fourth-order valence-corrected chi connectivity index (χ4v) is 3.32. The molecule has 1 aliphatic rings. The van der Waals surface area contributed by atoms with Crippen molar-refractivity contribution in [2.45, 2.75) is 18.9 Å². The predicted molar refractivity (Wildman–Crippen MR) is 106 cm³/mol. The molecule has 1 heterocycles. The minimum absolute atomic E-state index is 0.0899. The highest BCUT2D eigenvalue weighted by Crippen LogP contribution is 2.32. The molecule has 0 spiro atoms. The van der Waals surface area contributed by atoms with Gasteiger partial charge in [-0.15, -0.1) is 0 Å². The Bertz CT molecular complexity index is 708. The van der Waals surface area contributed by atoms with Crippen molar-refractivity contribution < 1.29 is 24.2 Å². The molecular formula is C19H26N2O5S. The van der Waals surface area contributed by atoms with Gasteiger partial charge < -0.3 is 24.8 Å². The van der Waals surface area contributed by atoms with Crippen molar-refractivity contribution in [2.75, 3.05) is 39.4 Å². The molecule has 0 radical (unpaired) electrons. The van der Waals surface area contributed by atoms with Crippen LogP contribution in [0.3, 0.4) is 0 Å². The van der Waals surface area contributed by atoms with Gasteiger partial charge in [0, 0.05) is 6.20 Å². The molecule has 0 saturated carbocycles. The zero-order chi connectivity index (χ0) is 19.8. The highest BCUT2D eigenvalue weighted by molar-refractivity contribution is 7.98. The number of fused-ring (bicyclic) bond motifs is 1. The highest BCUT2D eigenvalue weighted by atomic mass is 32.2. The van der Waals surface area contributed by atoms with E-state index in [1.807, 2.05) is 12.3 Å². The fourth-order valence-electron chi connectivity index (χ4n) is 2.80. The fraction of sp³-hybridized carbons (Fsp3) is 0.474. The Hall–Kier alpha value is -2.19. The van der Waals surface area contributed by atoms with E-state index in [9.17, 15) is 14.7 Å². The Labute approximate surface area is 163 Å². The molecule has 0 bridgehead atoms. The summed E-state index contributed by atoms with van der Waals surface area (Å²) in [5, 5.41) is 12.2. The van der Waals surface area contributed by atoms with Gasteiger partial charge in [-0.3, -0.25) is 9.59 Å². The Morgan fingerprint density at radius 2 is 2.04 bits per heavy atom. The number of carbonyl (C=O) groups is 2. The highest BCUT2D eigenvalue weighted by Gasteiger charge is 2.22. The molecule has 1 aromatic rings. The minimum Gasteiger partial charge on any atom is -0.493 e. The second kappa shape index (κ2) is 10.2. The number of benzene rings is 1. The summed E-state index contributed by atoms with van der Waals surface area (Å²) >= 11 is 1.65. The number of nitrogens with zero attached hydrogens (tertiary/aromatic N) is 1. The number of aliphatic hydroxyl groups excluding tert-OH is 1. The molecule has 1 atom stereocenters. The second-order valence-corrected chi connectivity index (χ2v) is 7.13. The van der Waals surface area contributed by atoms with E-state index in [-0.39, 0.29) is 37.4 Å². The van der Waals surface area contributed by atoms with Gasteiger partial charge in [0.15, 0.2) is 11.5 Å². The number of carbonyl (C=O) groups excluding carboxylic acids is 2. The van der Waals surface area contributed by atoms with Gasteiger partial charge in [-0.1, -0.05) is 0 Å². The van der Waals surface area contributed by atoms with Crippen molar-refractivity contribution in [3.05, 3.63) is 29.5 Å². The normalized spacial score (nSPS) is 14.4. The first kappa shape index (κ1) is 21.1. The molecule has 148 valence electrons. The van der Waals surface area contributed by atoms with E-state index in [2.05, 4.69) is 5.32 Å². The van der Waals surface area contributed by atoms with Crippen LogP contribution in [0.1, 0.15) is 17.5 Å². The monoisotopic (exact) mass is 394 g/mol. The van der Waals surface area contributed by atoms with Crippen LogP contribution in [-0.4, -0.2) is 67.2 Å². The van der Waals surface area contributed by atoms with E-state index >= 15 is 0 Å². The summed E-state index contributed by atoms with van der Waals surface area (Å²) in [5.74, 6) is 1.50. The molecule has 1 aromatic carbocycles. The van der Waals surface area contributed by atoms with Gasteiger partial charge in [0.1, 0.15) is 6.54 Å². The number of hydrogen-bond donors (Lipinski definition) is 2. The van der Waals surface area contributed by atoms with Gasteiger partial charge in [-0.05, 0) is 47.8 Å². The van der Waals surface area contributed by atoms with Crippen molar-refractivity contribution in [3.63, 3.8) is 0 Å². The van der Waals surface area contributed by atoms with Crippen LogP contribution in [-0.2, 0) is 16.0 Å². The Kier molecular flexibility index (Phi) is 7.99. The predicted octanol–water partition coefficient (Wildman–Crippen LogP) is 1.29. The van der Waals surface area contributed by atoms with Gasteiger partial charge in [0.2, 0.25) is 11.8 Å². The molecule has 27 heavy (non-hydrogen) atoms. The van der Waals surface area contributed by atoms with Gasteiger partial charge in [-0.25, -0.2) is 0 Å². The number of ether oxygens (including phenoxy) is 2. The molecule has 0 aromatic heterocycles. The molecule has 0 saturated heterocycles. The summed E-state index contributed by atoms with van der Waals surface area (Å²) in [5.41, 5.74) is 1.65. The summed E-state index contributed by atoms with van der Waals surface area (Å²) in [6, 6.07) is 3.29. The lowest BCUT2D eigenvalue weighted by Gasteiger charge is -2.20. The topological polar surface area (TPSA) is 88.1 Å². The summed E-state index contributed by atoms with van der Waals surface area (Å²) in [4.78, 5) is 26.2. The number of nitrogens with one attached hydrogen (secondary N) is 1. The molecule has 8 heteroatoms. The van der Waals surface area contributed by atoms with Crippen LogP contribution in [0.2, 0.25) is 0 Å². The first-order chi connectivity index (χ1) is 13.0. The number of aliphatic hydroxyl groups is 1. The Morgan fingerprint density at radius 1 is 1.33 bits per heavy atom. The number of methoxy groups -OCH3 is 2. The van der Waals surface area contributed by atoms with Gasteiger partial charge in [0.05, 0.1) is 33.3 Å². The van der Waals surface area contributed by atoms with E-state index in [0.29, 0.717) is 17.9 Å². The maximum absolute atomic E-state index is 12.6.